The number of nitrogens with zero attached hydrogens (tertiary/aromatic N) is 2. The molecule has 16 nitrogen and oxygen atoms in total. The van der Waals surface area contributed by atoms with E-state index in [1.165, 1.54) is 11.8 Å². The highest BCUT2D eigenvalue weighted by Gasteiger charge is 2.38. The first-order valence-electron chi connectivity index (χ1n) is 14.6. The molecule has 0 aromatic carbocycles. The second-order valence-corrected chi connectivity index (χ2v) is 11.5. The topological polar surface area (TPSA) is 264 Å². The summed E-state index contributed by atoms with van der Waals surface area (Å²) in [4.78, 5) is 81.5. The lowest BCUT2D eigenvalue weighted by Crippen LogP contribution is -2.59. The molecule has 0 radical (unpaired) electrons. The van der Waals surface area contributed by atoms with Gasteiger partial charge >= 0.3 is 5.97 Å². The number of carbonyl (C=O) groups is 6. The van der Waals surface area contributed by atoms with Crippen LogP contribution >= 0.6 is 0 Å². The first-order valence-corrected chi connectivity index (χ1v) is 14.6. The van der Waals surface area contributed by atoms with E-state index in [1.54, 1.807) is 13.8 Å². The molecular weight excluding hydrogens is 562 g/mol. The Balaban J connectivity index is 3.11. The molecule has 0 unspecified atom stereocenters. The van der Waals surface area contributed by atoms with Crippen LogP contribution in [0.25, 0.3) is 0 Å². The fourth-order valence-electron chi connectivity index (χ4n) is 4.70. The van der Waals surface area contributed by atoms with Gasteiger partial charge in [0.25, 0.3) is 0 Å². The normalized spacial score (nSPS) is 17.4. The minimum Gasteiger partial charge on any atom is -0.480 e. The van der Waals surface area contributed by atoms with Crippen LogP contribution in [0.4, 0.5) is 0 Å². The Bertz CT molecular complexity index is 1030. The van der Waals surface area contributed by atoms with E-state index in [-0.39, 0.29) is 37.8 Å². The van der Waals surface area contributed by atoms with Gasteiger partial charge in [0.1, 0.15) is 30.2 Å². The second kappa shape index (κ2) is 17.9. The summed E-state index contributed by atoms with van der Waals surface area (Å²) in [6.45, 7) is 8.71. The van der Waals surface area contributed by atoms with E-state index in [1.807, 2.05) is 13.8 Å². The highest BCUT2D eigenvalue weighted by Crippen LogP contribution is 2.19. The van der Waals surface area contributed by atoms with Crippen molar-refractivity contribution in [3.63, 3.8) is 0 Å². The third-order valence-electron chi connectivity index (χ3n) is 6.92. The predicted octanol–water partition coefficient (Wildman–Crippen LogP) is -2.26. The number of nitrogens with two attached hydrogens (primary N) is 3. The summed E-state index contributed by atoms with van der Waals surface area (Å²) >= 11 is 0. The molecule has 5 atom stereocenters. The van der Waals surface area contributed by atoms with Gasteiger partial charge in [0.2, 0.25) is 29.5 Å². The smallest absolute Gasteiger partial charge is 0.326 e. The molecule has 1 fully saturated rings. The Labute approximate surface area is 252 Å². The molecule has 16 heteroatoms. The number of amides is 5. The molecule has 1 saturated heterocycles. The molecule has 0 saturated carbocycles. The largest absolute Gasteiger partial charge is 0.480 e. The number of hydrogen-bond acceptors (Lipinski definition) is 8. The minimum atomic E-state index is -1.22. The number of nitrogens with one attached hydrogen (secondary N) is 4. The number of carboxylic acid groups (broad SMARTS) is 1. The molecule has 11 N–H and O–H groups in total. The predicted molar refractivity (Wildman–Crippen MR) is 159 cm³/mol. The number of aliphatic carboxylic acids is 1. The van der Waals surface area contributed by atoms with Crippen LogP contribution in [0, 0.1) is 11.8 Å². The van der Waals surface area contributed by atoms with Crippen molar-refractivity contribution in [1.82, 2.24) is 26.2 Å². The Kier molecular flexibility index (Phi) is 15.4. The Hall–Kier alpha value is -3.95. The van der Waals surface area contributed by atoms with Gasteiger partial charge in [-0.15, -0.1) is 0 Å². The molecule has 5 amide bonds. The summed E-state index contributed by atoms with van der Waals surface area (Å²) in [5.41, 5.74) is 16.0. The van der Waals surface area contributed by atoms with Gasteiger partial charge in [-0.2, -0.15) is 0 Å². The molecule has 0 aliphatic carbocycles. The number of likely N-dealkylation sites (tertiary alicyclic amines) is 1. The van der Waals surface area contributed by atoms with Crippen LogP contribution < -0.4 is 38.5 Å². The SMILES string of the molecule is CC(C)C[C@H](NC(=O)[C@@H]1CCCN1C(=O)[C@H](C)NC(=O)CN)C(=O)N[C@@H](CCCN=C(N)N)C(=O)N[C@H](C(=O)O)C(C)C. The number of aliphatic imine (C=N–C) groups is 1. The van der Waals surface area contributed by atoms with Gasteiger partial charge in [0.05, 0.1) is 6.54 Å². The second-order valence-electron chi connectivity index (χ2n) is 11.5. The minimum absolute atomic E-state index is 0.0321. The number of carbonyl (C=O) groups excluding carboxylic acids is 5. The highest BCUT2D eigenvalue weighted by atomic mass is 16.4. The maximum Gasteiger partial charge on any atom is 0.326 e. The number of carboxylic acids is 1. The molecule has 43 heavy (non-hydrogen) atoms. The first-order chi connectivity index (χ1) is 20.1. The highest BCUT2D eigenvalue weighted by molar-refractivity contribution is 5.96. The summed E-state index contributed by atoms with van der Waals surface area (Å²) in [6, 6.07) is -5.11. The molecule has 1 aliphatic rings. The van der Waals surface area contributed by atoms with Crippen LogP contribution in [0.15, 0.2) is 4.99 Å². The molecular formula is C27H49N9O7. The van der Waals surface area contributed by atoms with Crippen LogP contribution in [0.1, 0.15) is 66.7 Å². The van der Waals surface area contributed by atoms with Crippen molar-refractivity contribution in [2.75, 3.05) is 19.6 Å². The summed E-state index contributed by atoms with van der Waals surface area (Å²) < 4.78 is 0. The summed E-state index contributed by atoms with van der Waals surface area (Å²) in [7, 11) is 0. The Morgan fingerprint density at radius 1 is 0.930 bits per heavy atom. The standard InChI is InChI=1S/C27H49N9O7/c1-14(2)12-18(34-24(40)19-9-7-11-36(19)25(41)16(5)32-20(37)13-28)23(39)33-17(8-6-10-31-27(29)30)22(38)35-21(15(3)4)26(42)43/h14-19,21H,6-13,28H2,1-5H3,(H,32,37)(H,33,39)(H,34,40)(H,35,38)(H,42,43)(H4,29,30,31)/t16-,17-,18-,19-,21-/m0/s1. The van der Waals surface area contributed by atoms with E-state index in [9.17, 15) is 33.9 Å². The fraction of sp³-hybridized carbons (Fsp3) is 0.741. The number of rotatable bonds is 17. The van der Waals surface area contributed by atoms with Crippen molar-refractivity contribution in [2.45, 2.75) is 96.9 Å². The van der Waals surface area contributed by atoms with E-state index in [0.717, 1.165) is 0 Å². The lowest BCUT2D eigenvalue weighted by Gasteiger charge is -2.30. The van der Waals surface area contributed by atoms with Crippen molar-refractivity contribution < 1.29 is 33.9 Å². The van der Waals surface area contributed by atoms with Crippen LogP contribution in [-0.4, -0.2) is 101 Å². The monoisotopic (exact) mass is 611 g/mol. The Morgan fingerprint density at radius 3 is 2.09 bits per heavy atom. The zero-order chi connectivity index (χ0) is 32.9. The quantitative estimate of drug-likeness (QED) is 0.0497. The molecule has 0 aromatic heterocycles. The van der Waals surface area contributed by atoms with E-state index in [2.05, 4.69) is 26.3 Å². The third-order valence-corrected chi connectivity index (χ3v) is 6.92. The number of guanidine groups is 1. The van der Waals surface area contributed by atoms with Gasteiger partial charge in [0.15, 0.2) is 5.96 Å². The lowest BCUT2D eigenvalue weighted by molar-refractivity contribution is -0.143. The molecule has 1 aliphatic heterocycles. The summed E-state index contributed by atoms with van der Waals surface area (Å²) in [5, 5.41) is 19.9. The maximum atomic E-state index is 13.5. The Morgan fingerprint density at radius 2 is 1.56 bits per heavy atom. The summed E-state index contributed by atoms with van der Waals surface area (Å²) in [5.74, 6) is -4.63. The molecule has 0 bridgehead atoms. The van der Waals surface area contributed by atoms with Crippen LogP contribution in [0.2, 0.25) is 0 Å². The van der Waals surface area contributed by atoms with E-state index in [0.29, 0.717) is 25.8 Å². The third kappa shape index (κ3) is 12.4. The van der Waals surface area contributed by atoms with Gasteiger partial charge < -0.3 is 48.5 Å². The molecule has 1 rings (SSSR count). The molecule has 1 heterocycles. The van der Waals surface area contributed by atoms with Crippen LogP contribution in [0.5, 0.6) is 0 Å². The van der Waals surface area contributed by atoms with Crippen molar-refractivity contribution in [3.05, 3.63) is 0 Å². The van der Waals surface area contributed by atoms with Crippen molar-refractivity contribution in [3.8, 4) is 0 Å². The zero-order valence-corrected chi connectivity index (χ0v) is 25.7. The van der Waals surface area contributed by atoms with E-state index >= 15 is 0 Å². The lowest BCUT2D eigenvalue weighted by atomic mass is 10.0. The van der Waals surface area contributed by atoms with E-state index < -0.39 is 71.6 Å². The maximum absolute atomic E-state index is 13.5. The van der Waals surface area contributed by atoms with Crippen molar-refractivity contribution >= 4 is 41.5 Å². The van der Waals surface area contributed by atoms with E-state index in [4.69, 9.17) is 17.2 Å². The van der Waals surface area contributed by atoms with Gasteiger partial charge in [-0.3, -0.25) is 29.0 Å². The van der Waals surface area contributed by atoms with Gasteiger partial charge in [-0.25, -0.2) is 4.79 Å². The van der Waals surface area contributed by atoms with Gasteiger partial charge in [0, 0.05) is 13.1 Å². The zero-order valence-electron chi connectivity index (χ0n) is 25.7. The molecule has 0 aromatic rings. The van der Waals surface area contributed by atoms with Crippen molar-refractivity contribution in [1.29, 1.82) is 0 Å². The molecule has 244 valence electrons. The fourth-order valence-corrected chi connectivity index (χ4v) is 4.70. The number of hydrogen-bond donors (Lipinski definition) is 8. The van der Waals surface area contributed by atoms with Crippen LogP contribution in [-0.2, 0) is 28.8 Å². The molecule has 0 spiro atoms. The van der Waals surface area contributed by atoms with Crippen LogP contribution in [0.3, 0.4) is 0 Å². The van der Waals surface area contributed by atoms with Gasteiger partial charge in [-0.05, 0) is 50.9 Å². The average Bonchev–Trinajstić information content (AvgIpc) is 3.41. The van der Waals surface area contributed by atoms with Crippen molar-refractivity contribution in [2.24, 2.45) is 34.0 Å². The van der Waals surface area contributed by atoms with Gasteiger partial charge in [-0.1, -0.05) is 27.7 Å². The average molecular weight is 612 g/mol. The first kappa shape index (κ1) is 37.1. The summed E-state index contributed by atoms with van der Waals surface area (Å²) in [6.07, 6.45) is 1.55.